The molecule has 3 aromatic rings. The van der Waals surface area contributed by atoms with Crippen molar-refractivity contribution >= 4 is 34.7 Å². The van der Waals surface area contributed by atoms with Crippen molar-refractivity contribution in [3.8, 4) is 5.75 Å². The first-order valence-corrected chi connectivity index (χ1v) is 15.1. The summed E-state index contributed by atoms with van der Waals surface area (Å²) < 4.78 is 69.5. The number of likely N-dealkylation sites (tertiary alicyclic amines) is 1. The van der Waals surface area contributed by atoms with Gasteiger partial charge < -0.3 is 20.3 Å². The Labute approximate surface area is 281 Å². The maximum absolute atomic E-state index is 13.0. The number of alkyl halides is 6. The summed E-state index contributed by atoms with van der Waals surface area (Å²) in [6.07, 6.45) is -5.98. The van der Waals surface area contributed by atoms with Crippen LogP contribution in [0.15, 0.2) is 54.6 Å². The Hall–Kier alpha value is -4.97. The van der Waals surface area contributed by atoms with E-state index in [1.54, 1.807) is 29.7 Å². The molecule has 1 aliphatic heterocycles. The number of carbonyl (C=O) groups is 4. The van der Waals surface area contributed by atoms with Crippen molar-refractivity contribution in [2.24, 2.45) is 5.92 Å². The van der Waals surface area contributed by atoms with Gasteiger partial charge in [-0.15, -0.1) is 0 Å². The number of nitrogens with zero attached hydrogens (tertiary/aromatic N) is 2. The van der Waals surface area contributed by atoms with Crippen LogP contribution in [0, 0.1) is 12.8 Å². The number of carboxylic acids is 2. The second-order valence-corrected chi connectivity index (χ2v) is 11.4. The SMILES string of the molecule is Cc1cc(COc2ccc(C(=O)N[C@@H]3CCN(C4CCC4)C[C@@H]3C(=O)NO)cc2)c2ccccc2n1.O=C(O)C(F)(F)F.O=C(O)C(F)(F)F. The number of aliphatic carboxylic acids is 2. The zero-order valence-electron chi connectivity index (χ0n) is 26.4. The lowest BCUT2D eigenvalue weighted by Gasteiger charge is -2.44. The molecule has 2 amide bonds. The molecule has 1 aliphatic carbocycles. The molecule has 1 saturated heterocycles. The lowest BCUT2D eigenvalue weighted by molar-refractivity contribution is -0.193. The highest BCUT2D eigenvalue weighted by Gasteiger charge is 2.40. The van der Waals surface area contributed by atoms with Crippen LogP contribution in [0.3, 0.4) is 0 Å². The van der Waals surface area contributed by atoms with Crippen molar-refractivity contribution in [2.75, 3.05) is 13.1 Å². The Kier molecular flexibility index (Phi) is 13.5. The minimum atomic E-state index is -5.08. The summed E-state index contributed by atoms with van der Waals surface area (Å²) >= 11 is 0. The van der Waals surface area contributed by atoms with Crippen molar-refractivity contribution < 1.29 is 65.7 Å². The summed E-state index contributed by atoms with van der Waals surface area (Å²) in [5, 5.41) is 27.6. The van der Waals surface area contributed by atoms with Crippen LogP contribution in [0.1, 0.15) is 47.3 Å². The molecule has 5 rings (SSSR count). The normalized spacial score (nSPS) is 17.9. The quantitative estimate of drug-likeness (QED) is 0.129. The molecule has 0 radical (unpaired) electrons. The number of fused-ring (bicyclic) bond motifs is 1. The lowest BCUT2D eigenvalue weighted by Crippen LogP contribution is -2.58. The van der Waals surface area contributed by atoms with E-state index >= 15 is 0 Å². The van der Waals surface area contributed by atoms with E-state index in [2.05, 4.69) is 15.2 Å². The molecule has 2 heterocycles. The number of hydrogen-bond acceptors (Lipinski definition) is 8. The Balaban J connectivity index is 0.000000408. The highest BCUT2D eigenvalue weighted by Crippen LogP contribution is 2.30. The summed E-state index contributed by atoms with van der Waals surface area (Å²) in [5.74, 6) is -6.03. The van der Waals surface area contributed by atoms with E-state index < -0.39 is 36.1 Å². The number of halogens is 6. The van der Waals surface area contributed by atoms with E-state index in [4.69, 9.17) is 24.5 Å². The van der Waals surface area contributed by atoms with Crippen molar-refractivity contribution in [1.82, 2.24) is 20.7 Å². The van der Waals surface area contributed by atoms with Gasteiger partial charge in [-0.1, -0.05) is 24.6 Å². The molecule has 5 N–H and O–H groups in total. The van der Waals surface area contributed by atoms with Gasteiger partial charge in [-0.3, -0.25) is 24.7 Å². The molecule has 12 nitrogen and oxygen atoms in total. The van der Waals surface area contributed by atoms with Crippen LogP contribution in [0.5, 0.6) is 5.75 Å². The molecule has 2 aliphatic rings. The zero-order chi connectivity index (χ0) is 37.2. The number of ether oxygens (including phenoxy) is 1. The standard InChI is InChI=1S/C28H32N4O4.2C2HF3O2/c1-18-15-20(23-7-2-3-8-25(23)29-18)17-36-22-11-9-19(10-12-22)27(33)30-26-13-14-32(21-5-4-6-21)16-24(26)28(34)31-35;2*3-2(4,5)1(6)7/h2-3,7-12,15,21,24,26,35H,4-6,13-14,16-17H2,1H3,(H,30,33)(H,31,34);2*(H,6,7)/t24-,26+;;/m0../s1. The monoisotopic (exact) mass is 716 g/mol. The molecular weight excluding hydrogens is 682 g/mol. The number of aryl methyl sites for hydroxylation is 1. The van der Waals surface area contributed by atoms with Gasteiger partial charge in [0, 0.05) is 47.4 Å². The van der Waals surface area contributed by atoms with Gasteiger partial charge in [0.2, 0.25) is 5.91 Å². The second-order valence-electron chi connectivity index (χ2n) is 11.4. The van der Waals surface area contributed by atoms with Crippen molar-refractivity contribution in [3.05, 3.63) is 71.4 Å². The maximum Gasteiger partial charge on any atom is 0.490 e. The summed E-state index contributed by atoms with van der Waals surface area (Å²) in [7, 11) is 0. The van der Waals surface area contributed by atoms with Gasteiger partial charge in [0.05, 0.1) is 11.4 Å². The van der Waals surface area contributed by atoms with Gasteiger partial charge in [0.25, 0.3) is 5.91 Å². The summed E-state index contributed by atoms with van der Waals surface area (Å²) in [6.45, 7) is 3.74. The summed E-state index contributed by atoms with van der Waals surface area (Å²) in [4.78, 5) is 50.0. The van der Waals surface area contributed by atoms with Gasteiger partial charge >= 0.3 is 24.3 Å². The fraction of sp³-hybridized carbons (Fsp3) is 0.406. The van der Waals surface area contributed by atoms with Crippen LogP contribution >= 0.6 is 0 Å². The van der Waals surface area contributed by atoms with E-state index in [9.17, 15) is 41.1 Å². The fourth-order valence-electron chi connectivity index (χ4n) is 5.21. The molecule has 1 aromatic heterocycles. The maximum atomic E-state index is 13.0. The molecule has 1 saturated carbocycles. The Morgan fingerprint density at radius 1 is 0.920 bits per heavy atom. The van der Waals surface area contributed by atoms with E-state index in [0.29, 0.717) is 36.9 Å². The smallest absolute Gasteiger partial charge is 0.489 e. The van der Waals surface area contributed by atoms with E-state index in [1.165, 1.54) is 6.42 Å². The number of para-hydroxylation sites is 1. The number of hydroxylamine groups is 1. The number of pyridine rings is 1. The summed E-state index contributed by atoms with van der Waals surface area (Å²) in [6, 6.07) is 17.2. The number of hydrogen-bond donors (Lipinski definition) is 5. The van der Waals surface area contributed by atoms with Gasteiger partial charge in [-0.05, 0) is 62.6 Å². The van der Waals surface area contributed by atoms with Crippen LogP contribution in [0.4, 0.5) is 26.3 Å². The van der Waals surface area contributed by atoms with Crippen molar-refractivity contribution in [3.63, 3.8) is 0 Å². The van der Waals surface area contributed by atoms with Crippen LogP contribution < -0.4 is 15.5 Å². The number of piperidine rings is 1. The molecule has 18 heteroatoms. The minimum Gasteiger partial charge on any atom is -0.489 e. The number of benzene rings is 2. The summed E-state index contributed by atoms with van der Waals surface area (Å²) in [5.41, 5.74) is 5.22. The van der Waals surface area contributed by atoms with Gasteiger partial charge in [-0.25, -0.2) is 15.1 Å². The lowest BCUT2D eigenvalue weighted by atomic mass is 9.85. The van der Waals surface area contributed by atoms with Gasteiger partial charge in [0.15, 0.2) is 0 Å². The topological polar surface area (TPSA) is 178 Å². The molecule has 272 valence electrons. The van der Waals surface area contributed by atoms with Crippen molar-refractivity contribution in [1.29, 1.82) is 0 Å². The fourth-order valence-corrected chi connectivity index (χ4v) is 5.21. The number of nitrogens with one attached hydrogen (secondary N) is 2. The molecule has 0 unspecified atom stereocenters. The molecule has 2 aromatic carbocycles. The van der Waals surface area contributed by atoms with E-state index in [1.807, 2.05) is 37.3 Å². The van der Waals surface area contributed by atoms with Gasteiger partial charge in [0.1, 0.15) is 12.4 Å². The Bertz CT molecular complexity index is 1620. The molecule has 0 bridgehead atoms. The average molecular weight is 717 g/mol. The third kappa shape index (κ3) is 11.3. The van der Waals surface area contributed by atoms with Crippen LogP contribution in [-0.4, -0.2) is 86.6 Å². The third-order valence-electron chi connectivity index (χ3n) is 7.92. The van der Waals surface area contributed by atoms with Gasteiger partial charge in [-0.2, -0.15) is 26.3 Å². The van der Waals surface area contributed by atoms with Crippen LogP contribution in [-0.2, 0) is 21.0 Å². The molecule has 2 atom stereocenters. The highest BCUT2D eigenvalue weighted by molar-refractivity contribution is 5.95. The Morgan fingerprint density at radius 3 is 2.02 bits per heavy atom. The molecule has 0 spiro atoms. The van der Waals surface area contributed by atoms with E-state index in [-0.39, 0.29) is 11.9 Å². The predicted molar refractivity (Wildman–Crippen MR) is 163 cm³/mol. The first kappa shape index (κ1) is 39.5. The first-order chi connectivity index (χ1) is 23.4. The minimum absolute atomic E-state index is 0.241. The number of aromatic nitrogens is 1. The van der Waals surface area contributed by atoms with Crippen LogP contribution in [0.25, 0.3) is 10.9 Å². The largest absolute Gasteiger partial charge is 0.490 e. The van der Waals surface area contributed by atoms with E-state index in [0.717, 1.165) is 41.5 Å². The highest BCUT2D eigenvalue weighted by atomic mass is 19.4. The first-order valence-electron chi connectivity index (χ1n) is 15.1. The molecule has 50 heavy (non-hydrogen) atoms. The number of carboxylic acid groups (broad SMARTS) is 2. The van der Waals surface area contributed by atoms with Crippen LogP contribution in [0.2, 0.25) is 0 Å². The number of carbonyl (C=O) groups excluding carboxylic acids is 2. The molecule has 2 fully saturated rings. The second kappa shape index (κ2) is 17.1. The number of amides is 2. The average Bonchev–Trinajstić information content (AvgIpc) is 3.03. The third-order valence-corrected chi connectivity index (χ3v) is 7.92. The zero-order valence-corrected chi connectivity index (χ0v) is 26.4. The molecular formula is C32H34F6N4O8. The van der Waals surface area contributed by atoms with Crippen molar-refractivity contribution in [2.45, 2.75) is 63.7 Å². The Morgan fingerprint density at radius 2 is 1.50 bits per heavy atom. The number of rotatable bonds is 7. The predicted octanol–water partition coefficient (Wildman–Crippen LogP) is 4.87.